The Morgan fingerprint density at radius 1 is 1.11 bits per heavy atom. The summed E-state index contributed by atoms with van der Waals surface area (Å²) in [6.45, 7) is 7.44. The van der Waals surface area contributed by atoms with Crippen molar-refractivity contribution >= 4 is 58.5 Å². The van der Waals surface area contributed by atoms with Gasteiger partial charge in [-0.15, -0.1) is 12.4 Å². The molecular formula is C30H35Cl2N9O3. The summed E-state index contributed by atoms with van der Waals surface area (Å²) in [6.07, 6.45) is 1.54. The zero-order chi connectivity index (χ0) is 30.5. The number of nitrogens with two attached hydrogens (primary N) is 1. The molecule has 1 saturated heterocycles. The van der Waals surface area contributed by atoms with Crippen molar-refractivity contribution in [3.63, 3.8) is 0 Å². The number of likely N-dealkylation sites (N-methyl/N-ethyl adjacent to an activating group) is 1. The number of aromatic amines is 1. The Kier molecular flexibility index (Phi) is 10.9. The average molecular weight is 641 g/mol. The van der Waals surface area contributed by atoms with E-state index in [1.54, 1.807) is 6.20 Å². The zero-order valence-electron chi connectivity index (χ0n) is 24.4. The standard InChI is InChI=1S/C30H34ClN9O3.ClH/c1-19(20-6-4-3-5-7-20)40(32)29(43)21-8-9-24(31)25(17-21)35-27(41)23-16-22-18-34-30(37-26(22)36-28(23)42)33-10-11-39-14-12-38(2)13-15-39;/h3-9,16-19H,10-15,32H2,1-2H3,(H,35,41)(H2,33,34,36,37,42);1H. The molecule has 3 heterocycles. The second kappa shape index (κ2) is 14.6. The molecule has 1 unspecified atom stereocenters. The third-order valence-electron chi connectivity index (χ3n) is 7.54. The van der Waals surface area contributed by atoms with Gasteiger partial charge in [-0.25, -0.2) is 10.8 Å². The first-order valence-corrected chi connectivity index (χ1v) is 14.4. The van der Waals surface area contributed by atoms with Gasteiger partial charge >= 0.3 is 0 Å². The third-order valence-corrected chi connectivity index (χ3v) is 7.87. The predicted octanol–water partition coefficient (Wildman–Crippen LogP) is 3.38. The minimum absolute atomic E-state index is 0. The summed E-state index contributed by atoms with van der Waals surface area (Å²) in [7, 11) is 2.12. The van der Waals surface area contributed by atoms with Crippen LogP contribution in [0.4, 0.5) is 11.6 Å². The monoisotopic (exact) mass is 639 g/mol. The van der Waals surface area contributed by atoms with Crippen molar-refractivity contribution in [2.75, 3.05) is 56.9 Å². The lowest BCUT2D eigenvalue weighted by molar-refractivity contribution is 0.0690. The van der Waals surface area contributed by atoms with Crippen molar-refractivity contribution < 1.29 is 9.59 Å². The van der Waals surface area contributed by atoms with Crippen LogP contribution in [0.1, 0.15) is 39.2 Å². The Morgan fingerprint density at radius 3 is 2.57 bits per heavy atom. The maximum atomic E-state index is 13.1. The van der Waals surface area contributed by atoms with E-state index in [1.807, 2.05) is 37.3 Å². The number of piperazine rings is 1. The van der Waals surface area contributed by atoms with E-state index in [0.29, 0.717) is 23.5 Å². The van der Waals surface area contributed by atoms with Crippen molar-refractivity contribution in [3.05, 3.63) is 92.9 Å². The summed E-state index contributed by atoms with van der Waals surface area (Å²) < 4.78 is 0. The summed E-state index contributed by atoms with van der Waals surface area (Å²) in [5.74, 6) is 5.38. The molecule has 1 fully saturated rings. The van der Waals surface area contributed by atoms with Gasteiger partial charge in [0, 0.05) is 56.4 Å². The summed E-state index contributed by atoms with van der Waals surface area (Å²) >= 11 is 6.33. The Bertz CT molecular complexity index is 1680. The van der Waals surface area contributed by atoms with E-state index in [9.17, 15) is 14.4 Å². The summed E-state index contributed by atoms with van der Waals surface area (Å²) in [5, 5.41) is 7.63. The molecule has 1 aliphatic rings. The first-order valence-electron chi connectivity index (χ1n) is 14.0. The summed E-state index contributed by atoms with van der Waals surface area (Å²) in [5.41, 5.74) is 0.777. The van der Waals surface area contributed by atoms with E-state index in [-0.39, 0.29) is 34.2 Å². The molecular weight excluding hydrogens is 605 g/mol. The van der Waals surface area contributed by atoms with Crippen LogP contribution in [0.25, 0.3) is 11.0 Å². The average Bonchev–Trinajstić information content (AvgIpc) is 3.02. The lowest BCUT2D eigenvalue weighted by atomic mass is 10.1. The Hall–Kier alpha value is -4.07. The maximum absolute atomic E-state index is 13.1. The number of hydrogen-bond donors (Lipinski definition) is 4. The number of hydrogen-bond acceptors (Lipinski definition) is 9. The topological polar surface area (TPSA) is 153 Å². The maximum Gasteiger partial charge on any atom is 0.268 e. The summed E-state index contributed by atoms with van der Waals surface area (Å²) in [6, 6.07) is 14.8. The van der Waals surface area contributed by atoms with Gasteiger partial charge in [0.15, 0.2) is 0 Å². The molecule has 0 saturated carbocycles. The van der Waals surface area contributed by atoms with Crippen molar-refractivity contribution in [3.8, 4) is 0 Å². The largest absolute Gasteiger partial charge is 0.353 e. The molecule has 4 aromatic rings. The number of benzene rings is 2. The second-order valence-corrected chi connectivity index (χ2v) is 10.9. The molecule has 5 rings (SSSR count). The van der Waals surface area contributed by atoms with Gasteiger partial charge in [0.2, 0.25) is 5.95 Å². The Labute approximate surface area is 266 Å². The highest BCUT2D eigenvalue weighted by molar-refractivity contribution is 6.34. The molecule has 14 heteroatoms. The van der Waals surface area contributed by atoms with Crippen LogP contribution >= 0.6 is 24.0 Å². The number of aromatic nitrogens is 3. The highest BCUT2D eigenvalue weighted by Crippen LogP contribution is 2.26. The quantitative estimate of drug-likeness (QED) is 0.123. The fourth-order valence-electron chi connectivity index (χ4n) is 4.80. The zero-order valence-corrected chi connectivity index (χ0v) is 26.0. The smallest absolute Gasteiger partial charge is 0.268 e. The number of carbonyl (C=O) groups is 2. The molecule has 1 aliphatic heterocycles. The number of anilines is 2. The van der Waals surface area contributed by atoms with Gasteiger partial charge in [-0.1, -0.05) is 41.9 Å². The van der Waals surface area contributed by atoms with Crippen LogP contribution in [0.2, 0.25) is 5.02 Å². The lowest BCUT2D eigenvalue weighted by Crippen LogP contribution is -2.45. The first-order chi connectivity index (χ1) is 20.7. The summed E-state index contributed by atoms with van der Waals surface area (Å²) in [4.78, 5) is 55.2. The number of hydrazine groups is 1. The van der Waals surface area contributed by atoms with Crippen LogP contribution in [-0.4, -0.2) is 87.9 Å². The van der Waals surface area contributed by atoms with E-state index in [0.717, 1.165) is 43.3 Å². The number of carbonyl (C=O) groups excluding carboxylic acids is 2. The van der Waals surface area contributed by atoms with Crippen LogP contribution < -0.4 is 22.0 Å². The third kappa shape index (κ3) is 7.71. The SMILES string of the molecule is CC(c1ccccc1)N(N)C(=O)c1ccc(Cl)c(NC(=O)c2cc3cnc(NCCN4CCN(C)CC4)nc3[nH]c2=O)c1.Cl. The lowest BCUT2D eigenvalue weighted by Gasteiger charge is -2.32. The van der Waals surface area contributed by atoms with Crippen LogP contribution in [-0.2, 0) is 0 Å². The normalized spacial score (nSPS) is 14.5. The number of nitrogens with zero attached hydrogens (tertiary/aromatic N) is 5. The van der Waals surface area contributed by atoms with Crippen LogP contribution in [0.3, 0.4) is 0 Å². The van der Waals surface area contributed by atoms with Crippen molar-refractivity contribution in [2.45, 2.75) is 13.0 Å². The van der Waals surface area contributed by atoms with Crippen molar-refractivity contribution in [1.29, 1.82) is 0 Å². The van der Waals surface area contributed by atoms with E-state index < -0.39 is 23.4 Å². The number of fused-ring (bicyclic) bond motifs is 1. The number of halogens is 2. The minimum atomic E-state index is -0.703. The van der Waals surface area contributed by atoms with Crippen molar-refractivity contribution in [1.82, 2.24) is 29.8 Å². The number of rotatable bonds is 9. The van der Waals surface area contributed by atoms with Gasteiger partial charge in [-0.2, -0.15) is 4.98 Å². The number of amides is 2. The van der Waals surface area contributed by atoms with Crippen molar-refractivity contribution in [2.24, 2.45) is 5.84 Å². The predicted molar refractivity (Wildman–Crippen MR) is 174 cm³/mol. The molecule has 1 atom stereocenters. The van der Waals surface area contributed by atoms with Crippen LogP contribution in [0.15, 0.2) is 65.6 Å². The van der Waals surface area contributed by atoms with Gasteiger partial charge < -0.3 is 20.5 Å². The Morgan fingerprint density at radius 2 is 1.84 bits per heavy atom. The van der Waals surface area contributed by atoms with Gasteiger partial charge in [0.1, 0.15) is 11.2 Å². The molecule has 232 valence electrons. The number of H-pyrrole nitrogens is 1. The highest BCUT2D eigenvalue weighted by Gasteiger charge is 2.22. The van der Waals surface area contributed by atoms with Crippen LogP contribution in [0, 0.1) is 0 Å². The van der Waals surface area contributed by atoms with E-state index in [1.165, 1.54) is 24.3 Å². The fraction of sp³-hybridized carbons (Fsp3) is 0.300. The molecule has 2 aromatic heterocycles. The van der Waals surface area contributed by atoms with Crippen LogP contribution in [0.5, 0.6) is 0 Å². The fourth-order valence-corrected chi connectivity index (χ4v) is 4.97. The van der Waals surface area contributed by atoms with E-state index >= 15 is 0 Å². The van der Waals surface area contributed by atoms with E-state index in [2.05, 4.69) is 42.4 Å². The molecule has 0 spiro atoms. The molecule has 44 heavy (non-hydrogen) atoms. The van der Waals surface area contributed by atoms with Gasteiger partial charge in [-0.3, -0.25) is 24.3 Å². The van der Waals surface area contributed by atoms with Gasteiger partial charge in [0.05, 0.1) is 16.8 Å². The number of pyridine rings is 1. The Balaban J connectivity index is 0.00000442. The van der Waals surface area contributed by atoms with E-state index in [4.69, 9.17) is 17.4 Å². The molecule has 0 radical (unpaired) electrons. The second-order valence-electron chi connectivity index (χ2n) is 10.5. The molecule has 0 bridgehead atoms. The number of nitrogens with one attached hydrogen (secondary N) is 3. The minimum Gasteiger partial charge on any atom is -0.353 e. The molecule has 0 aliphatic carbocycles. The highest BCUT2D eigenvalue weighted by atomic mass is 35.5. The van der Waals surface area contributed by atoms with Gasteiger partial charge in [0.25, 0.3) is 17.4 Å². The molecule has 5 N–H and O–H groups in total. The first kappa shape index (κ1) is 32.8. The molecule has 2 amide bonds. The van der Waals surface area contributed by atoms with Gasteiger partial charge in [-0.05, 0) is 43.8 Å². The molecule has 12 nitrogen and oxygen atoms in total. The molecule has 2 aromatic carbocycles.